The van der Waals surface area contributed by atoms with Crippen molar-refractivity contribution in [3.8, 4) is 31.6 Å². The molecule has 2 unspecified atom stereocenters. The summed E-state index contributed by atoms with van der Waals surface area (Å²) in [7, 11) is 0. The molecule has 2 aromatic heterocycles. The minimum atomic E-state index is -0.699. The van der Waals surface area contributed by atoms with E-state index in [1.54, 1.807) is 28.9 Å². The number of rotatable bonds is 6. The van der Waals surface area contributed by atoms with Gasteiger partial charge in [-0.3, -0.25) is 4.99 Å². The Hall–Kier alpha value is -3.05. The first-order valence-electron chi connectivity index (χ1n) is 12.5. The fourth-order valence-electron chi connectivity index (χ4n) is 5.32. The average molecular weight is 544 g/mol. The van der Waals surface area contributed by atoms with Crippen LogP contribution in [-0.2, 0) is 5.54 Å². The van der Waals surface area contributed by atoms with Crippen LogP contribution in [0.3, 0.4) is 0 Å². The molecule has 6 rings (SSSR count). The Bertz CT molecular complexity index is 1510. The molecule has 2 aromatic carbocycles. The molecule has 38 heavy (non-hydrogen) atoms. The van der Waals surface area contributed by atoms with Crippen LogP contribution in [-0.4, -0.2) is 44.8 Å². The van der Waals surface area contributed by atoms with Gasteiger partial charge in [-0.15, -0.1) is 22.7 Å². The minimum absolute atomic E-state index is 0.0557. The van der Waals surface area contributed by atoms with Crippen LogP contribution in [0.25, 0.3) is 37.2 Å². The maximum atomic E-state index is 10.2. The summed E-state index contributed by atoms with van der Waals surface area (Å²) in [5, 5.41) is 21.5. The molecule has 1 fully saturated rings. The van der Waals surface area contributed by atoms with Crippen molar-refractivity contribution in [3.05, 3.63) is 77.4 Å². The lowest BCUT2D eigenvalue weighted by Gasteiger charge is -2.49. The zero-order valence-corrected chi connectivity index (χ0v) is 22.5. The first kappa shape index (κ1) is 25.2. The number of hydrogen-bond donors (Lipinski definition) is 4. The number of aliphatic hydroxyl groups excluding tert-OH is 1. The number of dihydropyridines is 1. The van der Waals surface area contributed by atoms with Crippen LogP contribution < -0.4 is 11.5 Å². The maximum absolute atomic E-state index is 10.2. The molecule has 6 N–H and O–H groups in total. The molecule has 0 saturated heterocycles. The largest absolute Gasteiger partial charge is 0.396 e. The molecule has 0 spiro atoms. The summed E-state index contributed by atoms with van der Waals surface area (Å²) in [4.78, 5) is 16.1. The number of aliphatic hydroxyl groups is 2. The van der Waals surface area contributed by atoms with Gasteiger partial charge in [-0.25, -0.2) is 9.97 Å². The average Bonchev–Trinajstić information content (AvgIpc) is 3.56. The number of thiazole rings is 2. The normalized spacial score (nSPS) is 26.7. The Balaban J connectivity index is 1.35. The van der Waals surface area contributed by atoms with Crippen molar-refractivity contribution in [1.82, 2.24) is 9.97 Å². The Labute approximate surface area is 229 Å². The minimum Gasteiger partial charge on any atom is -0.396 e. The van der Waals surface area contributed by atoms with Crippen LogP contribution in [0, 0.1) is 5.92 Å². The van der Waals surface area contributed by atoms with E-state index in [9.17, 15) is 10.2 Å². The van der Waals surface area contributed by atoms with Gasteiger partial charge in [0, 0.05) is 35.0 Å². The fourth-order valence-corrected chi connectivity index (χ4v) is 7.36. The summed E-state index contributed by atoms with van der Waals surface area (Å²) < 4.78 is 0. The molecule has 9 heteroatoms. The van der Waals surface area contributed by atoms with Gasteiger partial charge in [0.1, 0.15) is 16.2 Å². The van der Waals surface area contributed by atoms with Gasteiger partial charge in [0.2, 0.25) is 0 Å². The van der Waals surface area contributed by atoms with Gasteiger partial charge < -0.3 is 21.7 Å². The predicted molar refractivity (Wildman–Crippen MR) is 155 cm³/mol. The lowest BCUT2D eigenvalue weighted by Crippen LogP contribution is -2.58. The molecule has 1 aliphatic carbocycles. The van der Waals surface area contributed by atoms with Crippen molar-refractivity contribution in [2.45, 2.75) is 37.1 Å². The van der Waals surface area contributed by atoms with Gasteiger partial charge in [0.05, 0.1) is 27.7 Å². The zero-order chi connectivity index (χ0) is 26.5. The highest BCUT2D eigenvalue weighted by Crippen LogP contribution is 2.47. The number of nitrogens with two attached hydrogens (primary N) is 2. The molecule has 0 radical (unpaired) electrons. The van der Waals surface area contributed by atoms with E-state index in [4.69, 9.17) is 16.5 Å². The summed E-state index contributed by atoms with van der Waals surface area (Å²) in [6.07, 6.45) is 6.19. The van der Waals surface area contributed by atoms with Gasteiger partial charge in [0.15, 0.2) is 0 Å². The molecule has 0 bridgehead atoms. The number of aromatic nitrogens is 2. The van der Waals surface area contributed by atoms with E-state index in [1.807, 2.05) is 37.4 Å². The van der Waals surface area contributed by atoms with Crippen LogP contribution in [0.5, 0.6) is 0 Å². The van der Waals surface area contributed by atoms with E-state index >= 15 is 0 Å². The second-order valence-electron chi connectivity index (χ2n) is 10.4. The smallest absolute Gasteiger partial charge is 0.136 e. The molecule has 1 aliphatic heterocycles. The third kappa shape index (κ3) is 4.66. The van der Waals surface area contributed by atoms with Crippen molar-refractivity contribution in [2.24, 2.45) is 22.4 Å². The highest BCUT2D eigenvalue weighted by Gasteiger charge is 2.49. The standard InChI is InChI=1S/C29H29N5O2S2/c1-28(36)15-29(31,16-28)21-9-7-17(8-10-21)23-24(18-5-3-2-4-6-18)38-27(34-23)22-13-33-26(37-22)19-11-20(14-35)25(30)32-12-19/h2-13,20,25,35-36H,14-16,30-31H2,1H3/t20?,25?,28-,29-. The summed E-state index contributed by atoms with van der Waals surface area (Å²) in [5.74, 6) is -0.222. The van der Waals surface area contributed by atoms with Gasteiger partial charge in [0.25, 0.3) is 0 Å². The van der Waals surface area contributed by atoms with Gasteiger partial charge in [-0.1, -0.05) is 60.7 Å². The molecule has 0 amide bonds. The fraction of sp³-hybridized carbons (Fsp3) is 0.276. The van der Waals surface area contributed by atoms with Crippen LogP contribution >= 0.6 is 22.7 Å². The molecule has 1 saturated carbocycles. The number of allylic oxidation sites excluding steroid dienone is 1. The first-order valence-corrected chi connectivity index (χ1v) is 14.1. The molecule has 2 aliphatic rings. The highest BCUT2D eigenvalue weighted by molar-refractivity contribution is 7.24. The Morgan fingerprint density at radius 2 is 1.74 bits per heavy atom. The second kappa shape index (κ2) is 9.60. The van der Waals surface area contributed by atoms with Crippen LogP contribution in [0.2, 0.25) is 0 Å². The second-order valence-corrected chi connectivity index (χ2v) is 12.4. The Kier molecular flexibility index (Phi) is 6.38. The Morgan fingerprint density at radius 1 is 1.00 bits per heavy atom. The topological polar surface area (TPSA) is 131 Å². The van der Waals surface area contributed by atoms with Crippen molar-refractivity contribution in [1.29, 1.82) is 0 Å². The van der Waals surface area contributed by atoms with Crippen molar-refractivity contribution < 1.29 is 10.2 Å². The molecule has 4 aromatic rings. The van der Waals surface area contributed by atoms with Crippen LogP contribution in [0.1, 0.15) is 30.3 Å². The number of aliphatic imine (C=N–C) groups is 1. The Morgan fingerprint density at radius 3 is 2.42 bits per heavy atom. The van der Waals surface area contributed by atoms with E-state index in [-0.39, 0.29) is 12.5 Å². The zero-order valence-electron chi connectivity index (χ0n) is 20.9. The summed E-state index contributed by atoms with van der Waals surface area (Å²) in [6.45, 7) is 1.78. The number of benzene rings is 2. The van der Waals surface area contributed by atoms with Crippen molar-refractivity contribution >= 4 is 34.5 Å². The number of nitrogens with zero attached hydrogens (tertiary/aromatic N) is 3. The van der Waals surface area contributed by atoms with Crippen molar-refractivity contribution in [2.75, 3.05) is 6.61 Å². The van der Waals surface area contributed by atoms with E-state index in [2.05, 4.69) is 46.4 Å². The molecular weight excluding hydrogens is 514 g/mol. The van der Waals surface area contributed by atoms with Gasteiger partial charge >= 0.3 is 0 Å². The van der Waals surface area contributed by atoms with Gasteiger partial charge in [-0.2, -0.15) is 0 Å². The van der Waals surface area contributed by atoms with E-state index in [0.29, 0.717) is 12.8 Å². The molecular formula is C29H29N5O2S2. The highest BCUT2D eigenvalue weighted by atomic mass is 32.1. The summed E-state index contributed by atoms with van der Waals surface area (Å²) >= 11 is 3.19. The third-order valence-corrected chi connectivity index (χ3v) is 9.50. The summed E-state index contributed by atoms with van der Waals surface area (Å²) in [6, 6.07) is 18.5. The first-order chi connectivity index (χ1) is 18.2. The molecule has 7 nitrogen and oxygen atoms in total. The molecule has 3 heterocycles. The molecule has 2 atom stereocenters. The lowest BCUT2D eigenvalue weighted by atomic mass is 9.63. The number of hydrogen-bond acceptors (Lipinski definition) is 9. The SMILES string of the molecule is C[C@]1(O)C[C@@](N)(c2ccc(-c3nc(-c4cnc(C5=CC(CO)C(N)N=C5)s4)sc3-c3ccccc3)cc2)C1. The quantitative estimate of drug-likeness (QED) is 0.280. The lowest BCUT2D eigenvalue weighted by molar-refractivity contribution is -0.0738. The van der Waals surface area contributed by atoms with Crippen LogP contribution in [0.4, 0.5) is 0 Å². The monoisotopic (exact) mass is 543 g/mol. The predicted octanol–water partition coefficient (Wildman–Crippen LogP) is 4.66. The van der Waals surface area contributed by atoms with E-state index in [1.165, 1.54) is 0 Å². The van der Waals surface area contributed by atoms with E-state index < -0.39 is 17.3 Å². The third-order valence-electron chi connectivity index (χ3n) is 7.18. The van der Waals surface area contributed by atoms with Crippen LogP contribution in [0.15, 0.2) is 71.9 Å². The maximum Gasteiger partial charge on any atom is 0.136 e. The van der Waals surface area contributed by atoms with Crippen molar-refractivity contribution in [3.63, 3.8) is 0 Å². The summed E-state index contributed by atoms with van der Waals surface area (Å²) in [5.41, 5.74) is 16.3. The van der Waals surface area contributed by atoms with Gasteiger partial charge in [-0.05, 0) is 30.9 Å². The molecule has 194 valence electrons. The van der Waals surface area contributed by atoms with E-state index in [0.717, 1.165) is 47.7 Å².